The number of nitrogens with zero attached hydrogens (tertiary/aromatic N) is 2. The zero-order valence-electron chi connectivity index (χ0n) is 15.8. The number of hydrogen-bond acceptors (Lipinski definition) is 6. The summed E-state index contributed by atoms with van der Waals surface area (Å²) in [7, 11) is -0.893. The molecule has 0 fully saturated rings. The molecule has 0 saturated heterocycles. The van der Waals surface area contributed by atoms with Gasteiger partial charge in [0, 0.05) is 15.1 Å². The van der Waals surface area contributed by atoms with E-state index in [0.717, 1.165) is 15.0 Å². The molecule has 156 valence electrons. The van der Waals surface area contributed by atoms with Gasteiger partial charge in [-0.15, -0.1) is 0 Å². The SMILES string of the molecule is COc1ccc(Br)cc1/C=N\NC(=O)CN(c1cc(Cl)ccc1OC)S(C)(=O)=O. The van der Waals surface area contributed by atoms with Crippen LogP contribution in [0.4, 0.5) is 5.69 Å². The summed E-state index contributed by atoms with van der Waals surface area (Å²) in [5.74, 6) is 0.172. The predicted molar refractivity (Wildman–Crippen MR) is 117 cm³/mol. The molecule has 29 heavy (non-hydrogen) atoms. The maximum Gasteiger partial charge on any atom is 0.260 e. The first-order valence-electron chi connectivity index (χ1n) is 8.12. The van der Waals surface area contributed by atoms with Crippen molar-refractivity contribution in [3.8, 4) is 11.5 Å². The van der Waals surface area contributed by atoms with E-state index in [1.54, 1.807) is 24.3 Å². The number of sulfonamides is 1. The fraction of sp³-hybridized carbons (Fsp3) is 0.222. The lowest BCUT2D eigenvalue weighted by molar-refractivity contribution is -0.119. The number of benzene rings is 2. The molecule has 0 unspecified atom stereocenters. The maximum atomic E-state index is 12.3. The Hall–Kier alpha value is -2.30. The van der Waals surface area contributed by atoms with Gasteiger partial charge in [-0.25, -0.2) is 13.8 Å². The molecule has 0 aliphatic rings. The molecule has 0 spiro atoms. The molecule has 1 N–H and O–H groups in total. The normalized spacial score (nSPS) is 11.3. The van der Waals surface area contributed by atoms with Crippen molar-refractivity contribution in [2.75, 3.05) is 31.3 Å². The van der Waals surface area contributed by atoms with E-state index in [2.05, 4.69) is 26.5 Å². The second-order valence-corrected chi connectivity index (χ2v) is 9.02. The van der Waals surface area contributed by atoms with E-state index in [1.807, 2.05) is 0 Å². The number of hydrazone groups is 1. The van der Waals surface area contributed by atoms with Gasteiger partial charge >= 0.3 is 0 Å². The quantitative estimate of drug-likeness (QED) is 0.440. The minimum absolute atomic E-state index is 0.148. The van der Waals surface area contributed by atoms with E-state index in [1.165, 1.54) is 32.6 Å². The fourth-order valence-corrected chi connectivity index (χ4v) is 3.78. The number of amides is 1. The van der Waals surface area contributed by atoms with Crippen LogP contribution in [0.5, 0.6) is 11.5 Å². The topological polar surface area (TPSA) is 97.3 Å². The largest absolute Gasteiger partial charge is 0.496 e. The van der Waals surface area contributed by atoms with Crippen molar-refractivity contribution >= 4 is 55.4 Å². The number of halogens is 2. The van der Waals surface area contributed by atoms with Crippen LogP contribution in [-0.4, -0.2) is 47.6 Å². The van der Waals surface area contributed by atoms with Crippen LogP contribution in [-0.2, 0) is 14.8 Å². The first-order valence-corrected chi connectivity index (χ1v) is 11.1. The smallest absolute Gasteiger partial charge is 0.260 e. The Labute approximate surface area is 182 Å². The molecule has 0 aliphatic heterocycles. The van der Waals surface area contributed by atoms with Crippen molar-refractivity contribution in [2.45, 2.75) is 0 Å². The number of nitrogens with one attached hydrogen (secondary N) is 1. The molecule has 0 bridgehead atoms. The third-order valence-corrected chi connectivity index (χ3v) is 5.54. The molecule has 0 radical (unpaired) electrons. The van der Waals surface area contributed by atoms with Gasteiger partial charge in [0.2, 0.25) is 10.0 Å². The van der Waals surface area contributed by atoms with Gasteiger partial charge in [0.1, 0.15) is 18.0 Å². The Balaban J connectivity index is 2.20. The third-order valence-electron chi connectivity index (χ3n) is 3.68. The molecule has 8 nitrogen and oxygen atoms in total. The molecule has 0 atom stereocenters. The molecule has 2 aromatic rings. The van der Waals surface area contributed by atoms with Crippen LogP contribution >= 0.6 is 27.5 Å². The van der Waals surface area contributed by atoms with Gasteiger partial charge in [-0.1, -0.05) is 27.5 Å². The highest BCUT2D eigenvalue weighted by Gasteiger charge is 2.24. The van der Waals surface area contributed by atoms with Crippen molar-refractivity contribution in [2.24, 2.45) is 5.10 Å². The maximum absolute atomic E-state index is 12.3. The van der Waals surface area contributed by atoms with Crippen LogP contribution in [0.1, 0.15) is 5.56 Å². The lowest BCUT2D eigenvalue weighted by Gasteiger charge is -2.23. The minimum Gasteiger partial charge on any atom is -0.496 e. The van der Waals surface area contributed by atoms with E-state index in [4.69, 9.17) is 21.1 Å². The van der Waals surface area contributed by atoms with Crippen molar-refractivity contribution < 1.29 is 22.7 Å². The van der Waals surface area contributed by atoms with Crippen molar-refractivity contribution in [3.63, 3.8) is 0 Å². The number of ether oxygens (including phenoxy) is 2. The molecule has 0 aromatic heterocycles. The summed E-state index contributed by atoms with van der Waals surface area (Å²) in [4.78, 5) is 12.3. The third kappa shape index (κ3) is 6.34. The first kappa shape index (κ1) is 23.0. The van der Waals surface area contributed by atoms with E-state index in [0.29, 0.717) is 16.3 Å². The summed E-state index contributed by atoms with van der Waals surface area (Å²) in [6, 6.07) is 9.78. The Bertz CT molecular complexity index is 1030. The molecule has 2 rings (SSSR count). The average molecular weight is 505 g/mol. The highest BCUT2D eigenvalue weighted by atomic mass is 79.9. The number of anilines is 1. The summed E-state index contributed by atoms with van der Waals surface area (Å²) in [5, 5.41) is 4.18. The van der Waals surface area contributed by atoms with Crippen LogP contribution in [0, 0.1) is 0 Å². The van der Waals surface area contributed by atoms with Gasteiger partial charge < -0.3 is 9.47 Å². The summed E-state index contributed by atoms with van der Waals surface area (Å²) in [6.45, 7) is -0.511. The van der Waals surface area contributed by atoms with E-state index in [-0.39, 0.29) is 11.4 Å². The Morgan fingerprint density at radius 1 is 1.21 bits per heavy atom. The molecule has 11 heteroatoms. The molecule has 1 amide bonds. The number of carbonyl (C=O) groups is 1. The molecular weight excluding hydrogens is 486 g/mol. The van der Waals surface area contributed by atoms with Gasteiger partial charge in [-0.2, -0.15) is 5.10 Å². The lowest BCUT2D eigenvalue weighted by atomic mass is 10.2. The van der Waals surface area contributed by atoms with Crippen LogP contribution in [0.25, 0.3) is 0 Å². The van der Waals surface area contributed by atoms with Gasteiger partial charge in [0.05, 0.1) is 32.4 Å². The van der Waals surface area contributed by atoms with Crippen molar-refractivity contribution in [3.05, 3.63) is 51.5 Å². The standard InChI is InChI=1S/C18H19BrClN3O5S/c1-27-16-6-4-13(19)8-12(16)10-21-22-18(24)11-23(29(3,25)26)15-9-14(20)5-7-17(15)28-2/h4-10H,11H2,1-3H3,(H,22,24)/b21-10-. The van der Waals surface area contributed by atoms with Crippen LogP contribution in [0.2, 0.25) is 5.02 Å². The van der Waals surface area contributed by atoms with Crippen LogP contribution < -0.4 is 19.2 Å². The molecule has 0 saturated carbocycles. The highest BCUT2D eigenvalue weighted by Crippen LogP contribution is 2.32. The zero-order chi connectivity index (χ0) is 21.6. The second-order valence-electron chi connectivity index (χ2n) is 5.77. The number of rotatable bonds is 8. The average Bonchev–Trinajstić information content (AvgIpc) is 2.65. The summed E-state index contributed by atoms with van der Waals surface area (Å²) >= 11 is 9.33. The summed E-state index contributed by atoms with van der Waals surface area (Å²) < 4.78 is 36.6. The summed E-state index contributed by atoms with van der Waals surface area (Å²) in [6.07, 6.45) is 2.38. The van der Waals surface area contributed by atoms with E-state index >= 15 is 0 Å². The summed E-state index contributed by atoms with van der Waals surface area (Å²) in [5.41, 5.74) is 3.08. The molecular formula is C18H19BrClN3O5S. The minimum atomic E-state index is -3.80. The Morgan fingerprint density at radius 2 is 1.86 bits per heavy atom. The number of methoxy groups -OCH3 is 2. The van der Waals surface area contributed by atoms with Crippen molar-refractivity contribution in [1.82, 2.24) is 5.43 Å². The van der Waals surface area contributed by atoms with E-state index < -0.39 is 22.5 Å². The Morgan fingerprint density at radius 3 is 2.48 bits per heavy atom. The van der Waals surface area contributed by atoms with Gasteiger partial charge in [0.25, 0.3) is 5.91 Å². The van der Waals surface area contributed by atoms with Gasteiger partial charge in [0.15, 0.2) is 0 Å². The van der Waals surface area contributed by atoms with Crippen LogP contribution in [0.3, 0.4) is 0 Å². The molecule has 0 heterocycles. The Kier molecular flexibility index (Phi) is 7.88. The first-order chi connectivity index (χ1) is 13.7. The second kappa shape index (κ2) is 9.95. The predicted octanol–water partition coefficient (Wildman–Crippen LogP) is 3.04. The van der Waals surface area contributed by atoms with Gasteiger partial charge in [-0.05, 0) is 36.4 Å². The highest BCUT2D eigenvalue weighted by molar-refractivity contribution is 9.10. The van der Waals surface area contributed by atoms with Crippen molar-refractivity contribution in [1.29, 1.82) is 0 Å². The molecule has 2 aromatic carbocycles. The van der Waals surface area contributed by atoms with Crippen LogP contribution in [0.15, 0.2) is 46.0 Å². The number of hydrogen-bond donors (Lipinski definition) is 1. The van der Waals surface area contributed by atoms with Gasteiger partial charge in [-0.3, -0.25) is 9.10 Å². The molecule has 0 aliphatic carbocycles. The fourth-order valence-electron chi connectivity index (χ4n) is 2.38. The number of carbonyl (C=O) groups excluding carboxylic acids is 1. The monoisotopic (exact) mass is 503 g/mol. The lowest BCUT2D eigenvalue weighted by Crippen LogP contribution is -2.39. The zero-order valence-corrected chi connectivity index (χ0v) is 19.0. The van der Waals surface area contributed by atoms with E-state index in [9.17, 15) is 13.2 Å².